The number of anilines is 1. The fourth-order valence-corrected chi connectivity index (χ4v) is 4.70. The number of thioether (sulfide) groups is 1. The molecule has 1 heterocycles. The van der Waals surface area contributed by atoms with Crippen molar-refractivity contribution in [2.75, 3.05) is 25.3 Å². The van der Waals surface area contributed by atoms with Gasteiger partial charge in [-0.2, -0.15) is 0 Å². The van der Waals surface area contributed by atoms with E-state index in [0.717, 1.165) is 22.0 Å². The van der Waals surface area contributed by atoms with Crippen LogP contribution < -0.4 is 20.1 Å². The predicted molar refractivity (Wildman–Crippen MR) is 149 cm³/mol. The molecule has 2 N–H and O–H groups in total. The SMILES string of the molecule is CCn1c(CNC(=O)/C=C/c2ccc(OC)c(OC)c2)nnc1SCC(=O)Nc1cccc2ccccc12. The summed E-state index contributed by atoms with van der Waals surface area (Å²) >= 11 is 1.30. The molecule has 38 heavy (non-hydrogen) atoms. The Morgan fingerprint density at radius 2 is 1.79 bits per heavy atom. The van der Waals surface area contributed by atoms with Crippen LogP contribution in [0.2, 0.25) is 0 Å². The number of carbonyl (C=O) groups excluding carboxylic acids is 2. The minimum Gasteiger partial charge on any atom is -0.493 e. The maximum atomic E-state index is 12.6. The summed E-state index contributed by atoms with van der Waals surface area (Å²) in [6, 6.07) is 19.1. The summed E-state index contributed by atoms with van der Waals surface area (Å²) in [5.41, 5.74) is 1.57. The number of rotatable bonds is 11. The van der Waals surface area contributed by atoms with Crippen LogP contribution in [0.25, 0.3) is 16.8 Å². The summed E-state index contributed by atoms with van der Waals surface area (Å²) in [6.07, 6.45) is 3.14. The predicted octanol–water partition coefficient (Wildman–Crippen LogP) is 4.53. The van der Waals surface area contributed by atoms with Crippen molar-refractivity contribution < 1.29 is 19.1 Å². The van der Waals surface area contributed by atoms with Gasteiger partial charge in [0.05, 0.1) is 26.5 Å². The quantitative estimate of drug-likeness (QED) is 0.216. The second-order valence-electron chi connectivity index (χ2n) is 8.17. The number of amides is 2. The molecule has 0 aliphatic heterocycles. The van der Waals surface area contributed by atoms with E-state index in [9.17, 15) is 9.59 Å². The van der Waals surface area contributed by atoms with E-state index in [1.165, 1.54) is 17.8 Å². The molecular weight excluding hydrogens is 502 g/mol. The smallest absolute Gasteiger partial charge is 0.244 e. The Labute approximate surface area is 225 Å². The van der Waals surface area contributed by atoms with Gasteiger partial charge in [-0.05, 0) is 42.1 Å². The van der Waals surface area contributed by atoms with Crippen molar-refractivity contribution >= 4 is 46.1 Å². The maximum absolute atomic E-state index is 12.6. The summed E-state index contributed by atoms with van der Waals surface area (Å²) in [5, 5.41) is 16.9. The second kappa shape index (κ2) is 12.8. The van der Waals surface area contributed by atoms with Crippen molar-refractivity contribution in [1.82, 2.24) is 20.1 Å². The first-order valence-corrected chi connectivity index (χ1v) is 13.0. The number of hydrogen-bond acceptors (Lipinski definition) is 7. The number of benzene rings is 3. The van der Waals surface area contributed by atoms with Crippen LogP contribution in [0.3, 0.4) is 0 Å². The van der Waals surface area contributed by atoms with Crippen molar-refractivity contribution in [2.24, 2.45) is 0 Å². The number of nitrogens with zero attached hydrogens (tertiary/aromatic N) is 3. The minimum absolute atomic E-state index is 0.132. The first-order valence-electron chi connectivity index (χ1n) is 12.0. The van der Waals surface area contributed by atoms with Crippen LogP contribution in [0.4, 0.5) is 5.69 Å². The molecule has 2 amide bonds. The molecule has 3 aromatic carbocycles. The molecule has 0 fully saturated rings. The van der Waals surface area contributed by atoms with Gasteiger partial charge in [-0.15, -0.1) is 10.2 Å². The van der Waals surface area contributed by atoms with Crippen LogP contribution in [-0.4, -0.2) is 46.6 Å². The molecular formula is C28H29N5O4S. The van der Waals surface area contributed by atoms with Gasteiger partial charge in [-0.25, -0.2) is 0 Å². The average Bonchev–Trinajstić information content (AvgIpc) is 3.35. The Morgan fingerprint density at radius 1 is 1.00 bits per heavy atom. The zero-order valence-electron chi connectivity index (χ0n) is 21.4. The Bertz CT molecular complexity index is 1460. The monoisotopic (exact) mass is 531 g/mol. The molecule has 0 aliphatic rings. The van der Waals surface area contributed by atoms with Gasteiger partial charge in [0.1, 0.15) is 0 Å². The lowest BCUT2D eigenvalue weighted by molar-refractivity contribution is -0.116. The summed E-state index contributed by atoms with van der Waals surface area (Å²) in [7, 11) is 3.13. The zero-order chi connectivity index (χ0) is 26.9. The highest BCUT2D eigenvalue weighted by atomic mass is 32.2. The van der Waals surface area contributed by atoms with Crippen molar-refractivity contribution in [1.29, 1.82) is 0 Å². The van der Waals surface area contributed by atoms with Gasteiger partial charge in [-0.1, -0.05) is 54.2 Å². The molecule has 0 spiro atoms. The number of methoxy groups -OCH3 is 2. The van der Waals surface area contributed by atoms with Gasteiger partial charge in [0, 0.05) is 23.7 Å². The Balaban J connectivity index is 1.32. The normalized spacial score (nSPS) is 11.0. The highest BCUT2D eigenvalue weighted by Crippen LogP contribution is 2.28. The highest BCUT2D eigenvalue weighted by Gasteiger charge is 2.14. The zero-order valence-corrected chi connectivity index (χ0v) is 22.2. The lowest BCUT2D eigenvalue weighted by atomic mass is 10.1. The van der Waals surface area contributed by atoms with Crippen LogP contribution in [0, 0.1) is 0 Å². The van der Waals surface area contributed by atoms with E-state index in [1.807, 2.05) is 60.0 Å². The lowest BCUT2D eigenvalue weighted by Crippen LogP contribution is -2.22. The molecule has 0 bridgehead atoms. The molecule has 196 valence electrons. The Kier molecular flexibility index (Phi) is 8.99. The van der Waals surface area contributed by atoms with Crippen LogP contribution in [0.5, 0.6) is 11.5 Å². The van der Waals surface area contributed by atoms with Crippen molar-refractivity contribution in [2.45, 2.75) is 25.2 Å². The third-order valence-electron chi connectivity index (χ3n) is 5.76. The van der Waals surface area contributed by atoms with Gasteiger partial charge < -0.3 is 24.7 Å². The topological polar surface area (TPSA) is 107 Å². The van der Waals surface area contributed by atoms with Crippen LogP contribution in [0.15, 0.2) is 71.9 Å². The Hall–Kier alpha value is -4.31. The highest BCUT2D eigenvalue weighted by molar-refractivity contribution is 7.99. The van der Waals surface area contributed by atoms with E-state index >= 15 is 0 Å². The average molecular weight is 532 g/mol. The standard InChI is InChI=1S/C28H29N5O4S/c1-4-33-25(17-29-26(34)15-13-19-12-14-23(36-2)24(16-19)37-3)31-32-28(33)38-18-27(35)30-22-11-7-9-20-8-5-6-10-21(20)22/h5-16H,4,17-18H2,1-3H3,(H,29,34)(H,30,35)/b15-13+. The molecule has 0 radical (unpaired) electrons. The van der Waals surface area contributed by atoms with E-state index in [0.29, 0.717) is 29.0 Å². The first kappa shape index (κ1) is 26.7. The molecule has 9 nitrogen and oxygen atoms in total. The van der Waals surface area contributed by atoms with E-state index < -0.39 is 0 Å². The van der Waals surface area contributed by atoms with Crippen molar-refractivity contribution in [3.8, 4) is 11.5 Å². The van der Waals surface area contributed by atoms with Crippen LogP contribution in [-0.2, 0) is 22.7 Å². The fourth-order valence-electron chi connectivity index (χ4n) is 3.88. The lowest BCUT2D eigenvalue weighted by Gasteiger charge is -2.10. The van der Waals surface area contributed by atoms with Gasteiger partial charge in [-0.3, -0.25) is 9.59 Å². The number of aromatic nitrogens is 3. The Morgan fingerprint density at radius 3 is 2.58 bits per heavy atom. The summed E-state index contributed by atoms with van der Waals surface area (Å²) in [6.45, 7) is 2.78. The summed E-state index contributed by atoms with van der Waals surface area (Å²) < 4.78 is 12.4. The van der Waals surface area contributed by atoms with Gasteiger partial charge >= 0.3 is 0 Å². The molecule has 0 unspecified atom stereocenters. The maximum Gasteiger partial charge on any atom is 0.244 e. The largest absolute Gasteiger partial charge is 0.493 e. The molecule has 0 saturated heterocycles. The second-order valence-corrected chi connectivity index (χ2v) is 9.11. The van der Waals surface area contributed by atoms with E-state index in [-0.39, 0.29) is 24.1 Å². The fraction of sp³-hybridized carbons (Fsp3) is 0.214. The van der Waals surface area contributed by atoms with Crippen molar-refractivity contribution in [3.05, 3.63) is 78.1 Å². The molecule has 0 aliphatic carbocycles. The van der Waals surface area contributed by atoms with Gasteiger partial charge in [0.2, 0.25) is 11.8 Å². The molecule has 4 aromatic rings. The van der Waals surface area contributed by atoms with Crippen LogP contribution >= 0.6 is 11.8 Å². The molecule has 0 saturated carbocycles. The van der Waals surface area contributed by atoms with E-state index in [4.69, 9.17) is 9.47 Å². The van der Waals surface area contributed by atoms with Crippen molar-refractivity contribution in [3.63, 3.8) is 0 Å². The first-order chi connectivity index (χ1) is 18.5. The van der Waals surface area contributed by atoms with E-state index in [1.54, 1.807) is 32.4 Å². The van der Waals surface area contributed by atoms with Gasteiger partial charge in [0.25, 0.3) is 0 Å². The number of ether oxygens (including phenoxy) is 2. The third kappa shape index (κ3) is 6.51. The number of carbonyl (C=O) groups is 2. The molecule has 0 atom stereocenters. The summed E-state index contributed by atoms with van der Waals surface area (Å²) in [5.74, 6) is 1.59. The van der Waals surface area contributed by atoms with E-state index in [2.05, 4.69) is 20.8 Å². The van der Waals surface area contributed by atoms with Crippen LogP contribution in [0.1, 0.15) is 18.3 Å². The third-order valence-corrected chi connectivity index (χ3v) is 6.73. The number of fused-ring (bicyclic) bond motifs is 1. The summed E-state index contributed by atoms with van der Waals surface area (Å²) in [4.78, 5) is 25.0. The number of nitrogens with one attached hydrogen (secondary N) is 2. The minimum atomic E-state index is -0.269. The molecule has 10 heteroatoms. The van der Waals surface area contributed by atoms with Gasteiger partial charge in [0.15, 0.2) is 22.5 Å². The molecule has 4 rings (SSSR count). The molecule has 1 aromatic heterocycles. The number of hydrogen-bond donors (Lipinski definition) is 2.